The smallest absolute Gasteiger partial charge is 0.235 e. The third-order valence-electron chi connectivity index (χ3n) is 0.874. The molecular weight excluding hydrogens is 124 g/mol. The number of thiol groups is 1. The first-order valence-electron chi connectivity index (χ1n) is 2.29. The Bertz CT molecular complexity index is 82.1. The van der Waals surface area contributed by atoms with Crippen molar-refractivity contribution in [3.05, 3.63) is 0 Å². The number of rotatable bonds is 3. The number of primary amides is 1. The molecule has 3 nitrogen and oxygen atoms in total. The van der Waals surface area contributed by atoms with Crippen LogP contribution in [0.2, 0.25) is 0 Å². The van der Waals surface area contributed by atoms with Gasteiger partial charge < -0.3 is 11.1 Å². The molecule has 3 N–H and O–H groups in total. The fourth-order valence-electron chi connectivity index (χ4n) is 0.324. The second-order valence-corrected chi connectivity index (χ2v) is 1.79. The van der Waals surface area contributed by atoms with E-state index in [1.54, 1.807) is 7.05 Å². The first-order valence-corrected chi connectivity index (χ1v) is 2.93. The summed E-state index contributed by atoms with van der Waals surface area (Å²) >= 11 is 3.87. The second kappa shape index (κ2) is 3.74. The molecule has 1 amide bonds. The van der Waals surface area contributed by atoms with Gasteiger partial charge in [-0.3, -0.25) is 4.79 Å². The summed E-state index contributed by atoms with van der Waals surface area (Å²) in [4.78, 5) is 10.3. The lowest BCUT2D eigenvalue weighted by molar-refractivity contribution is -0.119. The van der Waals surface area contributed by atoms with E-state index in [0.29, 0.717) is 5.75 Å². The van der Waals surface area contributed by atoms with E-state index >= 15 is 0 Å². The highest BCUT2D eigenvalue weighted by Gasteiger charge is 2.07. The number of hydrogen-bond donors (Lipinski definition) is 3. The van der Waals surface area contributed by atoms with E-state index < -0.39 is 0 Å². The normalized spacial score (nSPS) is 13.2. The van der Waals surface area contributed by atoms with Crippen LogP contribution in [0.5, 0.6) is 0 Å². The van der Waals surface area contributed by atoms with Crippen LogP contribution >= 0.6 is 12.6 Å². The van der Waals surface area contributed by atoms with Gasteiger partial charge in [-0.05, 0) is 7.05 Å². The van der Waals surface area contributed by atoms with Crippen LogP contribution in [0.15, 0.2) is 0 Å². The molecule has 0 aromatic carbocycles. The second-order valence-electron chi connectivity index (χ2n) is 1.43. The molecule has 0 saturated carbocycles. The van der Waals surface area contributed by atoms with Crippen LogP contribution in [0, 0.1) is 0 Å². The van der Waals surface area contributed by atoms with Crippen molar-refractivity contribution < 1.29 is 4.79 Å². The number of likely N-dealkylation sites (N-methyl/N-ethyl adjacent to an activating group) is 1. The maximum absolute atomic E-state index is 10.3. The van der Waals surface area contributed by atoms with Gasteiger partial charge >= 0.3 is 0 Å². The Balaban J connectivity index is 3.52. The Morgan fingerprint density at radius 2 is 2.50 bits per heavy atom. The van der Waals surface area contributed by atoms with Crippen LogP contribution in [0.25, 0.3) is 0 Å². The van der Waals surface area contributed by atoms with E-state index in [4.69, 9.17) is 5.73 Å². The number of nitrogens with one attached hydrogen (secondary N) is 1. The molecule has 8 heavy (non-hydrogen) atoms. The average molecular weight is 134 g/mol. The number of carbonyl (C=O) groups is 1. The lowest BCUT2D eigenvalue weighted by Crippen LogP contribution is -2.40. The molecule has 0 aromatic heterocycles. The average Bonchev–Trinajstić information content (AvgIpc) is 1.69. The summed E-state index contributed by atoms with van der Waals surface area (Å²) in [6.45, 7) is 0. The zero-order chi connectivity index (χ0) is 6.57. The SMILES string of the molecule is CN[C@H](CS)C(N)=O. The van der Waals surface area contributed by atoms with Crippen molar-refractivity contribution in [1.82, 2.24) is 5.32 Å². The molecular formula is C4H10N2OS. The van der Waals surface area contributed by atoms with Crippen molar-refractivity contribution in [2.75, 3.05) is 12.8 Å². The van der Waals surface area contributed by atoms with Crippen molar-refractivity contribution in [2.24, 2.45) is 5.73 Å². The van der Waals surface area contributed by atoms with Gasteiger partial charge in [0.05, 0.1) is 6.04 Å². The fourth-order valence-corrected chi connectivity index (χ4v) is 0.686. The Kier molecular flexibility index (Phi) is 3.64. The maximum Gasteiger partial charge on any atom is 0.235 e. The molecule has 0 aromatic rings. The van der Waals surface area contributed by atoms with Crippen molar-refractivity contribution in [3.8, 4) is 0 Å². The summed E-state index contributed by atoms with van der Waals surface area (Å²) < 4.78 is 0. The van der Waals surface area contributed by atoms with E-state index in [1.165, 1.54) is 0 Å². The fraction of sp³-hybridized carbons (Fsp3) is 0.750. The minimum atomic E-state index is -0.359. The minimum absolute atomic E-state index is 0.293. The van der Waals surface area contributed by atoms with Crippen molar-refractivity contribution >= 4 is 18.5 Å². The van der Waals surface area contributed by atoms with Gasteiger partial charge in [0.1, 0.15) is 0 Å². The van der Waals surface area contributed by atoms with Gasteiger partial charge in [0.25, 0.3) is 0 Å². The molecule has 0 fully saturated rings. The molecule has 48 valence electrons. The van der Waals surface area contributed by atoms with E-state index in [1.807, 2.05) is 0 Å². The van der Waals surface area contributed by atoms with Crippen molar-refractivity contribution in [3.63, 3.8) is 0 Å². The van der Waals surface area contributed by atoms with Gasteiger partial charge in [0.2, 0.25) is 5.91 Å². The van der Waals surface area contributed by atoms with E-state index in [2.05, 4.69) is 17.9 Å². The zero-order valence-corrected chi connectivity index (χ0v) is 5.61. The van der Waals surface area contributed by atoms with Gasteiger partial charge in [-0.15, -0.1) is 0 Å². The molecule has 0 aliphatic carbocycles. The van der Waals surface area contributed by atoms with Gasteiger partial charge in [-0.2, -0.15) is 12.6 Å². The number of carbonyl (C=O) groups excluding carboxylic acids is 1. The van der Waals surface area contributed by atoms with Gasteiger partial charge in [0.15, 0.2) is 0 Å². The quantitative estimate of drug-likeness (QED) is 0.433. The summed E-state index contributed by atoms with van der Waals surface area (Å²) in [5.74, 6) is 0.0914. The molecule has 0 aliphatic rings. The molecule has 0 rings (SSSR count). The zero-order valence-electron chi connectivity index (χ0n) is 4.72. The summed E-state index contributed by atoms with van der Waals surface area (Å²) in [6, 6.07) is -0.293. The predicted octanol–water partition coefficient (Wildman–Crippen LogP) is -1.01. The highest BCUT2D eigenvalue weighted by atomic mass is 32.1. The third kappa shape index (κ3) is 2.18. The van der Waals surface area contributed by atoms with Gasteiger partial charge in [0, 0.05) is 5.75 Å². The molecule has 0 heterocycles. The summed E-state index contributed by atoms with van der Waals surface area (Å²) in [5, 5.41) is 2.70. The number of nitrogens with two attached hydrogens (primary N) is 1. The van der Waals surface area contributed by atoms with Crippen molar-refractivity contribution in [2.45, 2.75) is 6.04 Å². The summed E-state index contributed by atoms with van der Waals surface area (Å²) in [5.41, 5.74) is 4.91. The third-order valence-corrected chi connectivity index (χ3v) is 1.24. The molecule has 0 radical (unpaired) electrons. The van der Waals surface area contributed by atoms with Gasteiger partial charge in [-0.1, -0.05) is 0 Å². The van der Waals surface area contributed by atoms with Crippen LogP contribution in [0.1, 0.15) is 0 Å². The van der Waals surface area contributed by atoms with E-state index in [9.17, 15) is 4.79 Å². The molecule has 0 unspecified atom stereocenters. The lowest BCUT2D eigenvalue weighted by atomic mass is 10.3. The van der Waals surface area contributed by atoms with Crippen LogP contribution in [0.4, 0.5) is 0 Å². The highest BCUT2D eigenvalue weighted by molar-refractivity contribution is 7.80. The summed E-state index contributed by atoms with van der Waals surface area (Å²) in [7, 11) is 1.67. The Morgan fingerprint density at radius 1 is 2.00 bits per heavy atom. The Labute approximate surface area is 54.0 Å². The van der Waals surface area contributed by atoms with Crippen LogP contribution < -0.4 is 11.1 Å². The standard InChI is InChI=1S/C4H10N2OS/c1-6-3(2-8)4(5)7/h3,6,8H,2H2,1H3,(H2,5,7)/t3-/m1/s1. The van der Waals surface area contributed by atoms with Crippen LogP contribution in [0.3, 0.4) is 0 Å². The first kappa shape index (κ1) is 7.78. The number of hydrogen-bond acceptors (Lipinski definition) is 3. The summed E-state index contributed by atoms with van der Waals surface area (Å²) in [6.07, 6.45) is 0. The largest absolute Gasteiger partial charge is 0.368 e. The van der Waals surface area contributed by atoms with Crippen LogP contribution in [-0.4, -0.2) is 24.7 Å². The molecule has 0 saturated heterocycles. The molecule has 1 atom stereocenters. The van der Waals surface area contributed by atoms with Gasteiger partial charge in [-0.25, -0.2) is 0 Å². The van der Waals surface area contributed by atoms with E-state index in [-0.39, 0.29) is 11.9 Å². The van der Waals surface area contributed by atoms with Crippen LogP contribution in [-0.2, 0) is 4.79 Å². The first-order chi connectivity index (χ1) is 3.72. The molecule has 0 bridgehead atoms. The van der Waals surface area contributed by atoms with E-state index in [0.717, 1.165) is 0 Å². The molecule has 0 spiro atoms. The monoisotopic (exact) mass is 134 g/mol. The molecule has 4 heteroatoms. The Morgan fingerprint density at radius 3 is 2.50 bits per heavy atom. The minimum Gasteiger partial charge on any atom is -0.368 e. The van der Waals surface area contributed by atoms with Crippen molar-refractivity contribution in [1.29, 1.82) is 0 Å². The predicted molar refractivity (Wildman–Crippen MR) is 35.9 cm³/mol. The molecule has 0 aliphatic heterocycles. The Hall–Kier alpha value is -0.220. The topological polar surface area (TPSA) is 55.1 Å². The lowest BCUT2D eigenvalue weighted by Gasteiger charge is -2.05. The maximum atomic E-state index is 10.3. The number of amides is 1. The highest BCUT2D eigenvalue weighted by Crippen LogP contribution is 1.82.